The number of halogens is 4. The van der Waals surface area contributed by atoms with Crippen LogP contribution in [-0.4, -0.2) is 35.4 Å². The van der Waals surface area contributed by atoms with Gasteiger partial charge in [-0.25, -0.2) is 17.6 Å². The minimum Gasteiger partial charge on any atom is -0.287 e. The van der Waals surface area contributed by atoms with Crippen LogP contribution >= 0.6 is 0 Å². The molecule has 0 aromatic carbocycles. The fourth-order valence-electron chi connectivity index (χ4n) is 1.58. The lowest BCUT2D eigenvalue weighted by atomic mass is 9.97. The standard InChI is InChI=1S/C9H15F4N/c1-7(2,3)14-5-8(10,11)4-9(12,13)6-14/h4-6H2,1-3H3. The number of rotatable bonds is 0. The molecule has 0 aromatic heterocycles. The van der Waals surface area contributed by atoms with Gasteiger partial charge in [0.25, 0.3) is 11.8 Å². The molecule has 1 saturated heterocycles. The zero-order valence-corrected chi connectivity index (χ0v) is 8.58. The summed E-state index contributed by atoms with van der Waals surface area (Å²) >= 11 is 0. The minimum absolute atomic E-state index is 0.577. The maximum Gasteiger partial charge on any atom is 0.266 e. The number of nitrogens with zero attached hydrogens (tertiary/aromatic N) is 1. The Morgan fingerprint density at radius 1 is 0.929 bits per heavy atom. The van der Waals surface area contributed by atoms with Crippen molar-refractivity contribution in [1.82, 2.24) is 4.90 Å². The van der Waals surface area contributed by atoms with Crippen molar-refractivity contribution < 1.29 is 17.6 Å². The molecule has 1 rings (SSSR count). The Balaban J connectivity index is 2.82. The van der Waals surface area contributed by atoms with E-state index in [1.165, 1.54) is 0 Å². The van der Waals surface area contributed by atoms with Gasteiger partial charge in [-0.3, -0.25) is 4.90 Å². The lowest BCUT2D eigenvalue weighted by Crippen LogP contribution is -2.58. The van der Waals surface area contributed by atoms with Crippen molar-refractivity contribution in [2.45, 2.75) is 44.6 Å². The second-order valence-corrected chi connectivity index (χ2v) is 4.92. The van der Waals surface area contributed by atoms with E-state index in [0.717, 1.165) is 4.90 Å². The van der Waals surface area contributed by atoms with Gasteiger partial charge in [0.05, 0.1) is 19.5 Å². The molecular formula is C9H15F4N. The molecule has 0 aromatic rings. The van der Waals surface area contributed by atoms with E-state index in [9.17, 15) is 17.6 Å². The molecule has 1 nitrogen and oxygen atoms in total. The molecular weight excluding hydrogens is 198 g/mol. The predicted molar refractivity (Wildman–Crippen MR) is 45.8 cm³/mol. The van der Waals surface area contributed by atoms with Gasteiger partial charge in [-0.15, -0.1) is 0 Å². The van der Waals surface area contributed by atoms with Crippen LogP contribution in [0, 0.1) is 0 Å². The molecule has 0 spiro atoms. The number of hydrogen-bond acceptors (Lipinski definition) is 1. The Morgan fingerprint density at radius 3 is 1.57 bits per heavy atom. The van der Waals surface area contributed by atoms with Gasteiger partial charge >= 0.3 is 0 Å². The van der Waals surface area contributed by atoms with E-state index in [-0.39, 0.29) is 0 Å². The Bertz CT molecular complexity index is 203. The van der Waals surface area contributed by atoms with Gasteiger partial charge < -0.3 is 0 Å². The van der Waals surface area contributed by atoms with Crippen LogP contribution in [0.5, 0.6) is 0 Å². The first kappa shape index (κ1) is 11.8. The minimum atomic E-state index is -3.28. The molecule has 14 heavy (non-hydrogen) atoms. The summed E-state index contributed by atoms with van der Waals surface area (Å²) in [4.78, 5) is 1.14. The molecule has 84 valence electrons. The van der Waals surface area contributed by atoms with E-state index in [2.05, 4.69) is 0 Å². The topological polar surface area (TPSA) is 3.24 Å². The number of hydrogen-bond donors (Lipinski definition) is 0. The first-order valence-corrected chi connectivity index (χ1v) is 4.53. The second kappa shape index (κ2) is 3.08. The first-order valence-electron chi connectivity index (χ1n) is 4.53. The van der Waals surface area contributed by atoms with E-state index in [1.54, 1.807) is 20.8 Å². The van der Waals surface area contributed by atoms with Crippen molar-refractivity contribution in [3.63, 3.8) is 0 Å². The van der Waals surface area contributed by atoms with E-state index in [1.807, 2.05) is 0 Å². The van der Waals surface area contributed by atoms with Gasteiger partial charge in [-0.2, -0.15) is 0 Å². The van der Waals surface area contributed by atoms with Crippen molar-refractivity contribution in [1.29, 1.82) is 0 Å². The lowest BCUT2D eigenvalue weighted by Gasteiger charge is -2.44. The quantitative estimate of drug-likeness (QED) is 0.559. The molecule has 0 saturated carbocycles. The number of alkyl halides is 4. The average molecular weight is 213 g/mol. The van der Waals surface area contributed by atoms with Crippen LogP contribution in [0.25, 0.3) is 0 Å². The summed E-state index contributed by atoms with van der Waals surface area (Å²) < 4.78 is 51.8. The molecule has 0 radical (unpaired) electrons. The number of piperidine rings is 1. The predicted octanol–water partition coefficient (Wildman–Crippen LogP) is 2.76. The van der Waals surface area contributed by atoms with Crippen LogP contribution in [0.2, 0.25) is 0 Å². The van der Waals surface area contributed by atoms with Crippen LogP contribution < -0.4 is 0 Å². The summed E-state index contributed by atoms with van der Waals surface area (Å²) in [5, 5.41) is 0. The highest BCUT2D eigenvalue weighted by molar-refractivity contribution is 4.93. The molecule has 1 fully saturated rings. The van der Waals surface area contributed by atoms with Gasteiger partial charge in [0.15, 0.2) is 0 Å². The van der Waals surface area contributed by atoms with Crippen LogP contribution in [0.3, 0.4) is 0 Å². The monoisotopic (exact) mass is 213 g/mol. The molecule has 0 amide bonds. The Kier molecular flexibility index (Phi) is 2.59. The van der Waals surface area contributed by atoms with Crippen molar-refractivity contribution >= 4 is 0 Å². The number of likely N-dealkylation sites (tertiary alicyclic amines) is 1. The molecule has 5 heteroatoms. The van der Waals surface area contributed by atoms with E-state index >= 15 is 0 Å². The fourth-order valence-corrected chi connectivity index (χ4v) is 1.58. The molecule has 1 aliphatic heterocycles. The molecule has 0 bridgehead atoms. The summed E-state index contributed by atoms with van der Waals surface area (Å²) in [6, 6.07) is 0. The third kappa shape index (κ3) is 2.83. The van der Waals surface area contributed by atoms with Gasteiger partial charge in [0, 0.05) is 5.54 Å². The first-order chi connectivity index (χ1) is 6.02. The SMILES string of the molecule is CC(C)(C)N1CC(F)(F)CC(F)(F)C1. The van der Waals surface area contributed by atoms with Gasteiger partial charge in [-0.05, 0) is 20.8 Å². The van der Waals surface area contributed by atoms with Crippen molar-refractivity contribution in [2.75, 3.05) is 13.1 Å². The summed E-state index contributed by atoms with van der Waals surface area (Å²) in [5.74, 6) is -6.57. The van der Waals surface area contributed by atoms with Crippen LogP contribution in [0.15, 0.2) is 0 Å². The third-order valence-corrected chi connectivity index (χ3v) is 2.31. The highest BCUT2D eigenvalue weighted by Gasteiger charge is 2.52. The van der Waals surface area contributed by atoms with E-state index < -0.39 is 36.9 Å². The smallest absolute Gasteiger partial charge is 0.266 e. The van der Waals surface area contributed by atoms with Crippen molar-refractivity contribution in [2.24, 2.45) is 0 Å². The summed E-state index contributed by atoms with van der Waals surface area (Å²) in [6.07, 6.45) is -1.33. The van der Waals surface area contributed by atoms with Crippen LogP contribution in [0.4, 0.5) is 17.6 Å². The van der Waals surface area contributed by atoms with Crippen LogP contribution in [-0.2, 0) is 0 Å². The third-order valence-electron chi connectivity index (χ3n) is 2.31. The van der Waals surface area contributed by atoms with Crippen LogP contribution in [0.1, 0.15) is 27.2 Å². The molecule has 0 N–H and O–H groups in total. The van der Waals surface area contributed by atoms with Crippen molar-refractivity contribution in [3.8, 4) is 0 Å². The summed E-state index contributed by atoms with van der Waals surface area (Å²) in [6.45, 7) is 3.82. The molecule has 0 unspecified atom stereocenters. The lowest BCUT2D eigenvalue weighted by molar-refractivity contribution is -0.186. The highest BCUT2D eigenvalue weighted by atomic mass is 19.3. The van der Waals surface area contributed by atoms with E-state index in [4.69, 9.17) is 0 Å². The molecule has 0 aliphatic carbocycles. The van der Waals surface area contributed by atoms with Gasteiger partial charge in [0.1, 0.15) is 0 Å². The van der Waals surface area contributed by atoms with Gasteiger partial charge in [-0.1, -0.05) is 0 Å². The highest BCUT2D eigenvalue weighted by Crippen LogP contribution is 2.38. The Hall–Kier alpha value is -0.320. The largest absolute Gasteiger partial charge is 0.287 e. The molecule has 1 heterocycles. The summed E-state index contributed by atoms with van der Waals surface area (Å²) in [7, 11) is 0. The zero-order chi connectivity index (χ0) is 11.2. The molecule has 0 atom stereocenters. The van der Waals surface area contributed by atoms with Gasteiger partial charge in [0.2, 0.25) is 0 Å². The Morgan fingerprint density at radius 2 is 1.29 bits per heavy atom. The molecule has 1 aliphatic rings. The average Bonchev–Trinajstić information content (AvgIpc) is 1.76. The summed E-state index contributed by atoms with van der Waals surface area (Å²) in [5.41, 5.74) is -0.646. The Labute approximate surface area is 81.1 Å². The zero-order valence-electron chi connectivity index (χ0n) is 8.58. The maximum absolute atomic E-state index is 13.0. The second-order valence-electron chi connectivity index (χ2n) is 4.92. The van der Waals surface area contributed by atoms with Crippen molar-refractivity contribution in [3.05, 3.63) is 0 Å². The fraction of sp³-hybridized carbons (Fsp3) is 1.00. The maximum atomic E-state index is 13.0. The van der Waals surface area contributed by atoms with E-state index in [0.29, 0.717) is 0 Å². The normalized spacial score (nSPS) is 27.6.